The Hall–Kier alpha value is -2.04. The average Bonchev–Trinajstić information content (AvgIpc) is 2.16. The van der Waals surface area contributed by atoms with Gasteiger partial charge in [-0.05, 0) is 6.92 Å². The van der Waals surface area contributed by atoms with Crippen LogP contribution in [-0.4, -0.2) is 17.7 Å². The van der Waals surface area contributed by atoms with E-state index in [1.807, 2.05) is 0 Å². The number of carbonyl (C=O) groups is 3. The molecule has 0 radical (unpaired) electrons. The molecule has 0 fully saturated rings. The maximum atomic E-state index is 11.4. The van der Waals surface area contributed by atoms with E-state index in [9.17, 15) is 14.4 Å². The van der Waals surface area contributed by atoms with Gasteiger partial charge in [0.1, 0.15) is 19.3 Å². The zero-order valence-corrected chi connectivity index (χ0v) is 9.10. The number of rotatable bonds is 3. The van der Waals surface area contributed by atoms with E-state index in [4.69, 9.17) is 0 Å². The van der Waals surface area contributed by atoms with Gasteiger partial charge in [-0.2, -0.15) is 0 Å². The topological polar surface area (TPSA) is 64.3 Å². The van der Waals surface area contributed by atoms with Gasteiger partial charge in [0.2, 0.25) is 0 Å². The number of hydrogen-bond acceptors (Lipinski definition) is 4. The first-order chi connectivity index (χ1) is 7.49. The van der Waals surface area contributed by atoms with Crippen LogP contribution in [0.4, 0.5) is 0 Å². The minimum atomic E-state index is -0.828. The van der Waals surface area contributed by atoms with E-state index in [2.05, 4.69) is 4.74 Å². The molecule has 0 N–H and O–H groups in total. The molecule has 1 aromatic rings. The lowest BCUT2D eigenvalue weighted by Gasteiger charge is -2.00. The van der Waals surface area contributed by atoms with E-state index in [-0.39, 0.29) is 17.8 Å². The van der Waals surface area contributed by atoms with Crippen LogP contribution in [-0.2, 0) is 21.4 Å². The second-order valence-electron chi connectivity index (χ2n) is 3.39. The molecule has 0 atom stereocenters. The molecule has 0 unspecified atom stereocenters. The summed E-state index contributed by atoms with van der Waals surface area (Å²) in [6.45, 7) is 1.26. The quantitative estimate of drug-likeness (QED) is 0.415. The largest absolute Gasteiger partial charge is 0.389 e. The summed E-state index contributed by atoms with van der Waals surface area (Å²) < 4.78 is 6.22. The van der Waals surface area contributed by atoms with Gasteiger partial charge in [-0.25, -0.2) is 9.36 Å². The number of esters is 2. The van der Waals surface area contributed by atoms with Crippen molar-refractivity contribution in [1.82, 2.24) is 0 Å². The highest BCUT2D eigenvalue weighted by Gasteiger charge is 2.15. The van der Waals surface area contributed by atoms with Crippen molar-refractivity contribution in [3.63, 3.8) is 0 Å². The molecule has 1 heterocycles. The van der Waals surface area contributed by atoms with Crippen molar-refractivity contribution in [1.29, 1.82) is 0 Å². The molecule has 0 saturated carbocycles. The van der Waals surface area contributed by atoms with Crippen LogP contribution in [0.3, 0.4) is 0 Å². The van der Waals surface area contributed by atoms with Crippen LogP contribution in [0.25, 0.3) is 0 Å². The fraction of sp³-hybridized carbons (Fsp3) is 0.273. The summed E-state index contributed by atoms with van der Waals surface area (Å²) in [6, 6.07) is 3.06. The molecule has 0 spiro atoms. The number of aryl methyl sites for hydroxylation is 1. The first-order valence-electron chi connectivity index (χ1n) is 4.69. The van der Waals surface area contributed by atoms with Crippen molar-refractivity contribution in [3.05, 3.63) is 30.1 Å². The Morgan fingerprint density at radius 3 is 2.31 bits per heavy atom. The van der Waals surface area contributed by atoms with Crippen molar-refractivity contribution < 1.29 is 23.7 Å². The molecule has 0 amide bonds. The first-order valence-corrected chi connectivity index (χ1v) is 4.69. The molecular weight excluding hydrogens is 210 g/mol. The minimum absolute atomic E-state index is 0.273. The van der Waals surface area contributed by atoms with Crippen LogP contribution in [0, 0.1) is 0 Å². The summed E-state index contributed by atoms with van der Waals surface area (Å²) in [5.41, 5.74) is 0.273. The van der Waals surface area contributed by atoms with E-state index >= 15 is 0 Å². The van der Waals surface area contributed by atoms with Crippen LogP contribution in [0.15, 0.2) is 24.5 Å². The van der Waals surface area contributed by atoms with Gasteiger partial charge in [0.15, 0.2) is 12.4 Å². The van der Waals surface area contributed by atoms with Crippen molar-refractivity contribution in [2.45, 2.75) is 13.3 Å². The zero-order chi connectivity index (χ0) is 12.1. The number of aromatic nitrogens is 1. The Morgan fingerprint density at radius 1 is 1.25 bits per heavy atom. The zero-order valence-electron chi connectivity index (χ0n) is 9.10. The molecule has 0 aliphatic carbocycles. The van der Waals surface area contributed by atoms with Gasteiger partial charge < -0.3 is 4.74 Å². The number of hydrogen-bond donors (Lipinski definition) is 0. The first kappa shape index (κ1) is 12.0. The summed E-state index contributed by atoms with van der Waals surface area (Å²) in [5, 5.41) is 0. The number of Topliss-reactive ketones (excluding diaryl/α,β-unsaturated/α-hetero) is 1. The lowest BCUT2D eigenvalue weighted by molar-refractivity contribution is -0.671. The summed E-state index contributed by atoms with van der Waals surface area (Å²) in [5.74, 6) is -1.91. The highest BCUT2D eigenvalue weighted by molar-refractivity contribution is 6.02. The smallest absolute Gasteiger partial charge is 0.346 e. The molecule has 16 heavy (non-hydrogen) atoms. The maximum absolute atomic E-state index is 11.4. The van der Waals surface area contributed by atoms with Crippen molar-refractivity contribution in [2.24, 2.45) is 7.05 Å². The molecule has 0 bridgehead atoms. The molecule has 1 aromatic heterocycles. The fourth-order valence-corrected chi connectivity index (χ4v) is 1.04. The number of pyridine rings is 1. The van der Waals surface area contributed by atoms with Crippen LogP contribution in [0.1, 0.15) is 23.7 Å². The number of ketones is 1. The fourth-order valence-electron chi connectivity index (χ4n) is 1.04. The molecule has 1 rings (SSSR count). The molecule has 0 aliphatic heterocycles. The lowest BCUT2D eigenvalue weighted by Crippen LogP contribution is -2.26. The van der Waals surface area contributed by atoms with Crippen molar-refractivity contribution >= 4 is 17.7 Å². The third-order valence-corrected chi connectivity index (χ3v) is 1.81. The maximum Gasteiger partial charge on any atom is 0.346 e. The second kappa shape index (κ2) is 5.16. The third kappa shape index (κ3) is 3.61. The SMILES string of the molecule is CC(=O)CC(=O)OC(=O)c1cc[n+](C)cc1. The number of nitrogens with zero attached hydrogens (tertiary/aromatic N) is 1. The van der Waals surface area contributed by atoms with Crippen LogP contribution >= 0.6 is 0 Å². The Balaban J connectivity index is 2.62. The van der Waals surface area contributed by atoms with Gasteiger partial charge in [-0.3, -0.25) is 9.59 Å². The number of carbonyl (C=O) groups excluding carboxylic acids is 3. The summed E-state index contributed by atoms with van der Waals surface area (Å²) in [4.78, 5) is 33.0. The Bertz CT molecular complexity index is 422. The van der Waals surface area contributed by atoms with E-state index in [0.29, 0.717) is 0 Å². The van der Waals surface area contributed by atoms with Gasteiger partial charge in [-0.1, -0.05) is 0 Å². The molecule has 5 nitrogen and oxygen atoms in total. The summed E-state index contributed by atoms with van der Waals surface area (Å²) in [7, 11) is 1.80. The highest BCUT2D eigenvalue weighted by Crippen LogP contribution is 2.00. The van der Waals surface area contributed by atoms with Gasteiger partial charge >= 0.3 is 11.9 Å². The van der Waals surface area contributed by atoms with E-state index in [1.54, 1.807) is 24.0 Å². The third-order valence-electron chi connectivity index (χ3n) is 1.81. The summed E-state index contributed by atoms with van der Waals surface area (Å²) >= 11 is 0. The Labute approximate surface area is 92.6 Å². The van der Waals surface area contributed by atoms with E-state index in [0.717, 1.165) is 0 Å². The summed E-state index contributed by atoms with van der Waals surface area (Å²) in [6.07, 6.45) is 2.93. The molecule has 84 valence electrons. The molecule has 5 heteroatoms. The van der Waals surface area contributed by atoms with Crippen molar-refractivity contribution in [3.8, 4) is 0 Å². The van der Waals surface area contributed by atoms with Gasteiger partial charge in [0, 0.05) is 12.1 Å². The Morgan fingerprint density at radius 2 is 1.81 bits per heavy atom. The van der Waals surface area contributed by atoms with Crippen molar-refractivity contribution in [2.75, 3.05) is 0 Å². The lowest BCUT2D eigenvalue weighted by atomic mass is 10.3. The predicted molar refractivity (Wildman–Crippen MR) is 53.3 cm³/mol. The molecule has 0 saturated heterocycles. The van der Waals surface area contributed by atoms with Gasteiger partial charge in [0.05, 0.1) is 5.56 Å². The van der Waals surface area contributed by atoms with Gasteiger partial charge in [0.25, 0.3) is 0 Å². The van der Waals surface area contributed by atoms with Crippen LogP contribution in [0.5, 0.6) is 0 Å². The molecule has 0 aromatic carbocycles. The molecule has 0 aliphatic rings. The normalized spacial score (nSPS) is 9.62. The van der Waals surface area contributed by atoms with Crippen LogP contribution < -0.4 is 4.57 Å². The average molecular weight is 222 g/mol. The van der Waals surface area contributed by atoms with Gasteiger partial charge in [-0.15, -0.1) is 0 Å². The van der Waals surface area contributed by atoms with Crippen LogP contribution in [0.2, 0.25) is 0 Å². The minimum Gasteiger partial charge on any atom is -0.389 e. The number of ether oxygens (including phenoxy) is 1. The molecular formula is C11H12NO4+. The van der Waals surface area contributed by atoms with E-state index in [1.165, 1.54) is 19.1 Å². The standard InChI is InChI=1S/C11H12NO4/c1-8(13)7-10(14)16-11(15)9-3-5-12(2)6-4-9/h3-6H,7H2,1-2H3/q+1. The monoisotopic (exact) mass is 222 g/mol. The predicted octanol–water partition coefficient (Wildman–Crippen LogP) is 0.174. The second-order valence-corrected chi connectivity index (χ2v) is 3.39. The highest BCUT2D eigenvalue weighted by atomic mass is 16.6. The Kier molecular flexibility index (Phi) is 3.88. The van der Waals surface area contributed by atoms with E-state index < -0.39 is 11.9 Å².